The van der Waals surface area contributed by atoms with Crippen molar-refractivity contribution in [2.75, 3.05) is 13.7 Å². The number of methoxy groups -OCH3 is 1. The number of ether oxygens (including phenoxy) is 4. The Morgan fingerprint density at radius 1 is 1.11 bits per heavy atom. The number of carbonyl (C=O) groups excluding carboxylic acids is 1. The number of nitrogens with zero attached hydrogens (tertiary/aromatic N) is 4. The average Bonchev–Trinajstić information content (AvgIpc) is 3.23. The van der Waals surface area contributed by atoms with Gasteiger partial charge in [0.25, 0.3) is 0 Å². The van der Waals surface area contributed by atoms with Gasteiger partial charge in [0.15, 0.2) is 6.29 Å². The van der Waals surface area contributed by atoms with Crippen LogP contribution in [0.4, 0.5) is 0 Å². The van der Waals surface area contributed by atoms with Gasteiger partial charge in [-0.3, -0.25) is 4.79 Å². The highest BCUT2D eigenvalue weighted by Gasteiger charge is 2.32. The van der Waals surface area contributed by atoms with Gasteiger partial charge in [0.05, 0.1) is 42.8 Å². The normalized spacial score (nSPS) is 25.1. The zero-order chi connectivity index (χ0) is 24.2. The lowest BCUT2D eigenvalue weighted by Crippen LogP contribution is -2.30. The minimum absolute atomic E-state index is 0.00435. The van der Waals surface area contributed by atoms with Gasteiger partial charge in [-0.15, -0.1) is 5.10 Å². The van der Waals surface area contributed by atoms with Crippen molar-refractivity contribution < 1.29 is 23.7 Å². The molecule has 0 radical (unpaired) electrons. The minimum Gasteiger partial charge on any atom is -0.488 e. The number of esters is 1. The van der Waals surface area contributed by atoms with E-state index < -0.39 is 0 Å². The number of pyridine rings is 1. The summed E-state index contributed by atoms with van der Waals surface area (Å²) in [6.45, 7) is 1.12. The molecular weight excluding hydrogens is 448 g/mol. The van der Waals surface area contributed by atoms with Crippen LogP contribution in [0.2, 0.25) is 0 Å². The van der Waals surface area contributed by atoms with Crippen LogP contribution in [0, 0.1) is 5.92 Å². The monoisotopic (exact) mass is 484 g/mol. The van der Waals surface area contributed by atoms with Crippen LogP contribution in [0.15, 0.2) is 12.1 Å². The molecule has 0 amide bonds. The first-order valence-electron chi connectivity index (χ1n) is 13.0. The van der Waals surface area contributed by atoms with Gasteiger partial charge in [-0.25, -0.2) is 9.67 Å². The predicted octanol–water partition coefficient (Wildman–Crippen LogP) is 4.30. The van der Waals surface area contributed by atoms with E-state index in [1.54, 1.807) is 4.68 Å². The van der Waals surface area contributed by atoms with Crippen LogP contribution in [0.25, 0.3) is 11.4 Å². The molecular formula is C26H36N4O5. The van der Waals surface area contributed by atoms with Crippen molar-refractivity contribution in [1.29, 1.82) is 0 Å². The van der Waals surface area contributed by atoms with E-state index in [0.29, 0.717) is 18.9 Å². The van der Waals surface area contributed by atoms with Gasteiger partial charge in [-0.2, -0.15) is 0 Å². The summed E-state index contributed by atoms with van der Waals surface area (Å²) in [5, 5.41) is 8.66. The van der Waals surface area contributed by atoms with Crippen molar-refractivity contribution in [2.45, 2.75) is 89.1 Å². The second-order valence-electron chi connectivity index (χ2n) is 9.95. The highest BCUT2D eigenvalue weighted by Crippen LogP contribution is 2.42. The van der Waals surface area contributed by atoms with Gasteiger partial charge in [0.2, 0.25) is 0 Å². The Hall–Kier alpha value is -2.52. The van der Waals surface area contributed by atoms with Crippen molar-refractivity contribution in [2.24, 2.45) is 13.0 Å². The fourth-order valence-electron chi connectivity index (χ4n) is 5.23. The summed E-state index contributed by atoms with van der Waals surface area (Å²) in [4.78, 5) is 17.1. The maximum Gasteiger partial charge on any atom is 0.308 e. The lowest BCUT2D eigenvalue weighted by molar-refractivity contribution is -0.169. The minimum atomic E-state index is -0.176. The Bertz CT molecular complexity index is 1020. The molecule has 1 saturated heterocycles. The molecule has 1 aliphatic heterocycles. The van der Waals surface area contributed by atoms with Crippen LogP contribution in [-0.4, -0.2) is 52.1 Å². The van der Waals surface area contributed by atoms with Gasteiger partial charge < -0.3 is 18.9 Å². The zero-order valence-corrected chi connectivity index (χ0v) is 20.8. The Labute approximate surface area is 206 Å². The maximum atomic E-state index is 12.1. The standard InChI is InChI=1S/C26H36N4O5/c1-30-21(16-34-23-11-3-4-14-33-23)25(28-29-30)20-12-13-22(24(27-20)17-7-5-8-17)35-19-10-6-9-18(15-19)26(31)32-2/h12-13,17-19,23H,3-11,14-16H2,1-2H3/t18-,19-,23?/m0/s1. The van der Waals surface area contributed by atoms with Gasteiger partial charge >= 0.3 is 5.97 Å². The summed E-state index contributed by atoms with van der Waals surface area (Å²) in [7, 11) is 3.33. The van der Waals surface area contributed by atoms with Crippen LogP contribution >= 0.6 is 0 Å². The molecule has 190 valence electrons. The molecule has 2 aromatic heterocycles. The van der Waals surface area contributed by atoms with Crippen LogP contribution in [0.3, 0.4) is 0 Å². The molecule has 3 heterocycles. The van der Waals surface area contributed by atoms with Gasteiger partial charge in [0.1, 0.15) is 11.4 Å². The van der Waals surface area contributed by atoms with Crippen LogP contribution in [0.1, 0.15) is 81.5 Å². The van der Waals surface area contributed by atoms with E-state index in [-0.39, 0.29) is 24.3 Å². The molecule has 0 spiro atoms. The Morgan fingerprint density at radius 3 is 2.71 bits per heavy atom. The predicted molar refractivity (Wildman–Crippen MR) is 128 cm³/mol. The van der Waals surface area contributed by atoms with E-state index in [1.165, 1.54) is 13.5 Å². The molecule has 2 aliphatic carbocycles. The van der Waals surface area contributed by atoms with Crippen molar-refractivity contribution in [3.8, 4) is 17.1 Å². The summed E-state index contributed by atoms with van der Waals surface area (Å²) >= 11 is 0. The summed E-state index contributed by atoms with van der Waals surface area (Å²) in [5.41, 5.74) is 3.39. The van der Waals surface area contributed by atoms with Gasteiger partial charge in [0, 0.05) is 19.6 Å². The molecule has 2 aromatic rings. The van der Waals surface area contributed by atoms with E-state index in [0.717, 1.165) is 86.5 Å². The molecule has 9 heteroatoms. The summed E-state index contributed by atoms with van der Waals surface area (Å²) in [6, 6.07) is 3.98. The smallest absolute Gasteiger partial charge is 0.308 e. The van der Waals surface area contributed by atoms with Crippen molar-refractivity contribution >= 4 is 5.97 Å². The van der Waals surface area contributed by atoms with Gasteiger partial charge in [-0.05, 0) is 69.9 Å². The highest BCUT2D eigenvalue weighted by atomic mass is 16.7. The quantitative estimate of drug-likeness (QED) is 0.512. The first kappa shape index (κ1) is 24.2. The third-order valence-electron chi connectivity index (χ3n) is 7.56. The van der Waals surface area contributed by atoms with Gasteiger partial charge in [-0.1, -0.05) is 11.6 Å². The number of rotatable bonds is 8. The van der Waals surface area contributed by atoms with E-state index in [4.69, 9.17) is 23.9 Å². The number of hydrogen-bond acceptors (Lipinski definition) is 8. The number of aryl methyl sites for hydroxylation is 1. The van der Waals surface area contributed by atoms with E-state index >= 15 is 0 Å². The van der Waals surface area contributed by atoms with Crippen LogP contribution in [0.5, 0.6) is 5.75 Å². The van der Waals surface area contributed by atoms with Crippen molar-refractivity contribution in [3.05, 3.63) is 23.5 Å². The summed E-state index contributed by atoms with van der Waals surface area (Å²) in [6.07, 6.45) is 9.81. The molecule has 3 fully saturated rings. The summed E-state index contributed by atoms with van der Waals surface area (Å²) < 4.78 is 24.9. The zero-order valence-electron chi connectivity index (χ0n) is 20.8. The van der Waals surface area contributed by atoms with E-state index in [2.05, 4.69) is 10.3 Å². The molecule has 9 nitrogen and oxygen atoms in total. The molecule has 35 heavy (non-hydrogen) atoms. The molecule has 0 bridgehead atoms. The van der Waals surface area contributed by atoms with Crippen LogP contribution < -0.4 is 4.74 Å². The fourth-order valence-corrected chi connectivity index (χ4v) is 5.23. The molecule has 0 aromatic carbocycles. The Morgan fingerprint density at radius 2 is 1.97 bits per heavy atom. The third kappa shape index (κ3) is 5.51. The molecule has 5 rings (SSSR count). The summed E-state index contributed by atoms with van der Waals surface area (Å²) in [5.74, 6) is 0.985. The first-order chi connectivity index (χ1) is 17.1. The molecule has 3 aliphatic rings. The lowest BCUT2D eigenvalue weighted by Gasteiger charge is -2.31. The van der Waals surface area contributed by atoms with Crippen LogP contribution in [-0.2, 0) is 32.7 Å². The molecule has 1 unspecified atom stereocenters. The number of carbonyl (C=O) groups is 1. The van der Waals surface area contributed by atoms with E-state index in [9.17, 15) is 4.79 Å². The van der Waals surface area contributed by atoms with Crippen molar-refractivity contribution in [1.82, 2.24) is 20.0 Å². The average molecular weight is 485 g/mol. The third-order valence-corrected chi connectivity index (χ3v) is 7.56. The SMILES string of the molecule is COC(=O)[C@H]1CCC[C@H](Oc2ccc(-c3nnn(C)c3COC3CCCCO3)nc2C2CCC2)C1. The largest absolute Gasteiger partial charge is 0.488 e. The van der Waals surface area contributed by atoms with E-state index in [1.807, 2.05) is 19.2 Å². The lowest BCUT2D eigenvalue weighted by atomic mass is 9.82. The highest BCUT2D eigenvalue weighted by molar-refractivity contribution is 5.72. The fraction of sp³-hybridized carbons (Fsp3) is 0.692. The second-order valence-corrected chi connectivity index (χ2v) is 9.95. The molecule has 3 atom stereocenters. The second kappa shape index (κ2) is 11.0. The molecule has 2 saturated carbocycles. The topological polar surface area (TPSA) is 97.6 Å². The number of hydrogen-bond donors (Lipinski definition) is 0. The molecule has 0 N–H and O–H groups in total. The number of aromatic nitrogens is 4. The Kier molecular flexibility index (Phi) is 7.63. The van der Waals surface area contributed by atoms with Crippen molar-refractivity contribution in [3.63, 3.8) is 0 Å². The Balaban J connectivity index is 1.34. The maximum absolute atomic E-state index is 12.1. The first-order valence-corrected chi connectivity index (χ1v) is 13.0.